The highest BCUT2D eigenvalue weighted by Gasteiger charge is 2.19. The predicted molar refractivity (Wildman–Crippen MR) is 119 cm³/mol. The van der Waals surface area contributed by atoms with Crippen LogP contribution in [0.25, 0.3) is 0 Å². The minimum Gasteiger partial charge on any atom is -0.368 e. The molecule has 0 spiro atoms. The van der Waals surface area contributed by atoms with Crippen molar-refractivity contribution in [3.05, 3.63) is 48.3 Å². The second kappa shape index (κ2) is 10.4. The van der Waals surface area contributed by atoms with Crippen LogP contribution < -0.4 is 10.2 Å². The molecule has 1 aromatic heterocycles. The number of guanidine groups is 1. The monoisotopic (exact) mass is 468 g/mol. The lowest BCUT2D eigenvalue weighted by atomic mass is 10.2. The Kier molecular flexibility index (Phi) is 8.21. The maximum Gasteiger partial charge on any atom is 0.194 e. The van der Waals surface area contributed by atoms with E-state index in [9.17, 15) is 0 Å². The molecule has 2 aromatic rings. The maximum atomic E-state index is 4.79. The molecule has 0 aliphatic carbocycles. The van der Waals surface area contributed by atoms with Gasteiger partial charge in [-0.25, -0.2) is 0 Å². The van der Waals surface area contributed by atoms with Crippen LogP contribution in [0.5, 0.6) is 0 Å². The number of benzene rings is 1. The van der Waals surface area contributed by atoms with Crippen molar-refractivity contribution in [2.75, 3.05) is 44.2 Å². The van der Waals surface area contributed by atoms with E-state index in [1.807, 2.05) is 10.9 Å². The van der Waals surface area contributed by atoms with E-state index in [2.05, 4.69) is 70.6 Å². The highest BCUT2D eigenvalue weighted by Crippen LogP contribution is 2.15. The van der Waals surface area contributed by atoms with Gasteiger partial charge in [-0.3, -0.25) is 9.67 Å². The average molecular weight is 468 g/mol. The Morgan fingerprint density at radius 2 is 1.88 bits per heavy atom. The molecule has 1 aliphatic rings. The predicted octanol–water partition coefficient (Wildman–Crippen LogP) is 2.60. The van der Waals surface area contributed by atoms with Gasteiger partial charge in [-0.2, -0.15) is 5.10 Å². The molecule has 0 amide bonds. The molecule has 1 aliphatic heterocycles. The molecule has 0 bridgehead atoms. The number of nitrogens with zero attached hydrogens (tertiary/aromatic N) is 5. The topological polar surface area (TPSA) is 48.7 Å². The van der Waals surface area contributed by atoms with E-state index in [-0.39, 0.29) is 24.0 Å². The van der Waals surface area contributed by atoms with Crippen LogP contribution in [-0.4, -0.2) is 59.9 Å². The number of piperazine rings is 1. The lowest BCUT2D eigenvalue weighted by Crippen LogP contribution is -2.52. The van der Waals surface area contributed by atoms with Gasteiger partial charge in [0.25, 0.3) is 0 Å². The van der Waals surface area contributed by atoms with Crippen molar-refractivity contribution in [3.63, 3.8) is 0 Å². The van der Waals surface area contributed by atoms with Crippen molar-refractivity contribution >= 4 is 35.6 Å². The highest BCUT2D eigenvalue weighted by molar-refractivity contribution is 14.0. The molecule has 1 fully saturated rings. The second-order valence-electron chi connectivity index (χ2n) is 6.33. The Morgan fingerprint density at radius 1 is 1.15 bits per heavy atom. The van der Waals surface area contributed by atoms with Crippen LogP contribution in [0.4, 0.5) is 5.69 Å². The molecule has 2 heterocycles. The van der Waals surface area contributed by atoms with Gasteiger partial charge in [0.15, 0.2) is 5.96 Å². The third-order valence-corrected chi connectivity index (χ3v) is 4.39. The summed E-state index contributed by atoms with van der Waals surface area (Å²) < 4.78 is 1.95. The number of para-hydroxylation sites is 1. The summed E-state index contributed by atoms with van der Waals surface area (Å²) in [5.74, 6) is 1.01. The first-order valence-electron chi connectivity index (χ1n) is 9.08. The molecule has 1 saturated heterocycles. The third kappa shape index (κ3) is 5.62. The lowest BCUT2D eigenvalue weighted by molar-refractivity contribution is 0.372. The average Bonchev–Trinajstić information content (AvgIpc) is 3.07. The van der Waals surface area contributed by atoms with Gasteiger partial charge in [0.1, 0.15) is 0 Å². The summed E-state index contributed by atoms with van der Waals surface area (Å²) in [5.41, 5.74) is 2.49. The minimum absolute atomic E-state index is 0. The summed E-state index contributed by atoms with van der Waals surface area (Å²) in [6.45, 7) is 10.6. The van der Waals surface area contributed by atoms with Gasteiger partial charge < -0.3 is 15.1 Å². The lowest BCUT2D eigenvalue weighted by Gasteiger charge is -2.37. The molecular weight excluding hydrogens is 439 g/mol. The molecule has 142 valence electrons. The van der Waals surface area contributed by atoms with Gasteiger partial charge in [0.05, 0.1) is 19.3 Å². The quantitative estimate of drug-likeness (QED) is 0.417. The fraction of sp³-hybridized carbons (Fsp3) is 0.474. The zero-order valence-corrected chi connectivity index (χ0v) is 18.0. The summed E-state index contributed by atoms with van der Waals surface area (Å²) in [5, 5.41) is 7.75. The molecule has 7 heteroatoms. The van der Waals surface area contributed by atoms with E-state index in [4.69, 9.17) is 4.99 Å². The van der Waals surface area contributed by atoms with Crippen molar-refractivity contribution < 1.29 is 0 Å². The number of nitrogens with one attached hydrogen (secondary N) is 1. The van der Waals surface area contributed by atoms with Crippen molar-refractivity contribution in [1.29, 1.82) is 0 Å². The Hall–Kier alpha value is -1.77. The molecule has 0 saturated carbocycles. The summed E-state index contributed by atoms with van der Waals surface area (Å²) in [6, 6.07) is 10.6. The third-order valence-electron chi connectivity index (χ3n) is 4.39. The molecule has 0 unspecified atom stereocenters. The second-order valence-corrected chi connectivity index (χ2v) is 6.33. The fourth-order valence-electron chi connectivity index (χ4n) is 3.09. The number of aliphatic imine (C=N–C) groups is 1. The molecule has 1 aromatic carbocycles. The van der Waals surface area contributed by atoms with E-state index < -0.39 is 0 Å². The molecule has 1 N–H and O–H groups in total. The van der Waals surface area contributed by atoms with Crippen LogP contribution in [0.2, 0.25) is 0 Å². The summed E-state index contributed by atoms with van der Waals surface area (Å²) in [7, 11) is 0. The van der Waals surface area contributed by atoms with Crippen LogP contribution >= 0.6 is 24.0 Å². The van der Waals surface area contributed by atoms with E-state index in [1.165, 1.54) is 11.3 Å². The molecule has 3 rings (SSSR count). The van der Waals surface area contributed by atoms with Gasteiger partial charge in [-0.15, -0.1) is 24.0 Å². The van der Waals surface area contributed by atoms with Gasteiger partial charge in [0.2, 0.25) is 0 Å². The number of aromatic nitrogens is 2. The van der Waals surface area contributed by atoms with E-state index >= 15 is 0 Å². The molecule has 0 atom stereocenters. The van der Waals surface area contributed by atoms with Gasteiger partial charge in [-0.1, -0.05) is 18.2 Å². The van der Waals surface area contributed by atoms with E-state index in [0.29, 0.717) is 0 Å². The van der Waals surface area contributed by atoms with E-state index in [0.717, 1.165) is 51.8 Å². The summed E-state index contributed by atoms with van der Waals surface area (Å²) in [6.07, 6.45) is 3.94. The Morgan fingerprint density at radius 3 is 2.50 bits per heavy atom. The fourth-order valence-corrected chi connectivity index (χ4v) is 3.09. The zero-order chi connectivity index (χ0) is 17.5. The number of halogens is 1. The number of aryl methyl sites for hydroxylation is 1. The first-order valence-corrected chi connectivity index (χ1v) is 9.08. The first-order chi connectivity index (χ1) is 12.3. The van der Waals surface area contributed by atoms with Crippen LogP contribution in [0, 0.1) is 6.92 Å². The van der Waals surface area contributed by atoms with Gasteiger partial charge in [0, 0.05) is 44.6 Å². The number of hydrogen-bond donors (Lipinski definition) is 1. The zero-order valence-electron chi connectivity index (χ0n) is 15.6. The number of anilines is 1. The molecule has 26 heavy (non-hydrogen) atoms. The van der Waals surface area contributed by atoms with Crippen molar-refractivity contribution in [3.8, 4) is 0 Å². The largest absolute Gasteiger partial charge is 0.368 e. The van der Waals surface area contributed by atoms with Crippen molar-refractivity contribution in [1.82, 2.24) is 20.0 Å². The van der Waals surface area contributed by atoms with Crippen LogP contribution in [-0.2, 0) is 6.54 Å². The normalized spacial score (nSPS) is 14.9. The maximum absolute atomic E-state index is 4.79. The van der Waals surface area contributed by atoms with Crippen LogP contribution in [0.3, 0.4) is 0 Å². The Bertz CT molecular complexity index is 676. The Balaban J connectivity index is 0.00000243. The minimum atomic E-state index is 0. The number of rotatable bonds is 5. The molecular formula is C19H29IN6. The molecule has 6 nitrogen and oxygen atoms in total. The standard InChI is InChI=1S/C19H28N6.HI/c1-3-20-19(21-9-10-25-16-17(2)15-22-25)24-13-11-23(12-14-24)18-7-5-4-6-8-18;/h4-8,15-16H,3,9-14H2,1-2H3,(H,20,21);1H. The Labute approximate surface area is 173 Å². The first kappa shape index (κ1) is 20.5. The van der Waals surface area contributed by atoms with Gasteiger partial charge in [-0.05, 0) is 31.5 Å². The van der Waals surface area contributed by atoms with Crippen LogP contribution in [0.15, 0.2) is 47.7 Å². The SMILES string of the molecule is CCNC(=NCCn1cc(C)cn1)N1CCN(c2ccccc2)CC1.I. The van der Waals surface area contributed by atoms with Crippen LogP contribution in [0.1, 0.15) is 12.5 Å². The van der Waals surface area contributed by atoms with Crippen molar-refractivity contribution in [2.24, 2.45) is 4.99 Å². The van der Waals surface area contributed by atoms with E-state index in [1.54, 1.807) is 0 Å². The summed E-state index contributed by atoms with van der Waals surface area (Å²) in [4.78, 5) is 9.59. The number of hydrogen-bond acceptors (Lipinski definition) is 3. The van der Waals surface area contributed by atoms with Gasteiger partial charge >= 0.3 is 0 Å². The molecule has 0 radical (unpaired) electrons. The van der Waals surface area contributed by atoms with Crippen molar-refractivity contribution in [2.45, 2.75) is 20.4 Å². The summed E-state index contributed by atoms with van der Waals surface area (Å²) >= 11 is 0. The highest BCUT2D eigenvalue weighted by atomic mass is 127. The smallest absolute Gasteiger partial charge is 0.194 e.